The summed E-state index contributed by atoms with van der Waals surface area (Å²) in [5.74, 6) is 0. The minimum absolute atomic E-state index is 0.865. The van der Waals surface area contributed by atoms with Gasteiger partial charge in [-0.25, -0.2) is 4.98 Å². The summed E-state index contributed by atoms with van der Waals surface area (Å²) in [6.45, 7) is 0.865. The zero-order valence-electron chi connectivity index (χ0n) is 8.61. The van der Waals surface area contributed by atoms with Gasteiger partial charge in [0.1, 0.15) is 6.33 Å². The van der Waals surface area contributed by atoms with Crippen LogP contribution in [0.25, 0.3) is 0 Å². The maximum atomic E-state index is 4.14. The lowest BCUT2D eigenvalue weighted by atomic mass is 10.2. The van der Waals surface area contributed by atoms with Crippen LogP contribution < -0.4 is 5.32 Å². The molecule has 0 amide bonds. The summed E-state index contributed by atoms with van der Waals surface area (Å²) in [5.41, 5.74) is 1.25. The van der Waals surface area contributed by atoms with Gasteiger partial charge in [0.15, 0.2) is 4.34 Å². The number of benzene rings is 1. The third kappa shape index (κ3) is 3.04. The molecule has 0 aliphatic rings. The van der Waals surface area contributed by atoms with Gasteiger partial charge in [0.25, 0.3) is 0 Å². The molecule has 3 nitrogen and oxygen atoms in total. The quantitative estimate of drug-likeness (QED) is 0.940. The molecular weight excluding hydrogens is 306 g/mol. The van der Waals surface area contributed by atoms with Crippen molar-refractivity contribution in [3.63, 3.8) is 0 Å². The summed E-state index contributed by atoms with van der Waals surface area (Å²) < 4.78 is 6.06. The summed E-state index contributed by atoms with van der Waals surface area (Å²) in [7, 11) is 1.94. The average molecular weight is 316 g/mol. The van der Waals surface area contributed by atoms with E-state index in [-0.39, 0.29) is 0 Å². The first kappa shape index (κ1) is 12.0. The zero-order valence-corrected chi connectivity index (χ0v) is 11.8. The number of hydrogen-bond donors (Lipinski definition) is 1. The molecule has 2 rings (SSSR count). The second-order valence-corrected chi connectivity index (χ2v) is 6.05. The molecule has 0 aliphatic carbocycles. The lowest BCUT2D eigenvalue weighted by Crippen LogP contribution is -2.05. The standard InChI is InChI=1S/C10H10BrN3S2/c1-12-5-7-2-3-8(4-9(7)11)15-10-13-6-14-16-10/h2-4,6,12H,5H2,1H3. The van der Waals surface area contributed by atoms with Crippen molar-refractivity contribution < 1.29 is 0 Å². The van der Waals surface area contributed by atoms with Crippen LogP contribution in [-0.4, -0.2) is 16.4 Å². The number of halogens is 1. The summed E-state index contributed by atoms with van der Waals surface area (Å²) in [5, 5.41) is 3.13. The van der Waals surface area contributed by atoms with Gasteiger partial charge in [-0.15, -0.1) is 0 Å². The second-order valence-electron chi connectivity index (χ2n) is 3.09. The van der Waals surface area contributed by atoms with Crippen molar-refractivity contribution in [2.24, 2.45) is 0 Å². The summed E-state index contributed by atoms with van der Waals surface area (Å²) in [4.78, 5) is 5.31. The van der Waals surface area contributed by atoms with Gasteiger partial charge in [-0.1, -0.05) is 33.8 Å². The Labute approximate surface area is 111 Å². The fourth-order valence-corrected chi connectivity index (χ4v) is 3.36. The van der Waals surface area contributed by atoms with Gasteiger partial charge >= 0.3 is 0 Å². The first-order valence-corrected chi connectivity index (χ1v) is 7.05. The highest BCUT2D eigenvalue weighted by molar-refractivity contribution is 9.10. The van der Waals surface area contributed by atoms with E-state index in [1.54, 1.807) is 18.1 Å². The fraction of sp³-hybridized carbons (Fsp3) is 0.200. The smallest absolute Gasteiger partial charge is 0.174 e. The van der Waals surface area contributed by atoms with Crippen molar-refractivity contribution in [1.82, 2.24) is 14.7 Å². The monoisotopic (exact) mass is 315 g/mol. The van der Waals surface area contributed by atoms with Gasteiger partial charge < -0.3 is 5.32 Å². The lowest BCUT2D eigenvalue weighted by molar-refractivity contribution is 0.813. The van der Waals surface area contributed by atoms with E-state index in [4.69, 9.17) is 0 Å². The lowest BCUT2D eigenvalue weighted by Gasteiger charge is -2.05. The van der Waals surface area contributed by atoms with Gasteiger partial charge in [-0.2, -0.15) is 4.37 Å². The number of nitrogens with one attached hydrogen (secondary N) is 1. The van der Waals surface area contributed by atoms with Gasteiger partial charge in [0.05, 0.1) is 0 Å². The van der Waals surface area contributed by atoms with E-state index in [2.05, 4.69) is 48.8 Å². The molecule has 1 aromatic heterocycles. The van der Waals surface area contributed by atoms with Gasteiger partial charge in [-0.3, -0.25) is 0 Å². The predicted molar refractivity (Wildman–Crippen MR) is 70.9 cm³/mol. The van der Waals surface area contributed by atoms with Crippen molar-refractivity contribution in [1.29, 1.82) is 0 Å². The largest absolute Gasteiger partial charge is 0.316 e. The van der Waals surface area contributed by atoms with Crippen LogP contribution in [0.5, 0.6) is 0 Å². The van der Waals surface area contributed by atoms with Crippen LogP contribution in [0, 0.1) is 0 Å². The number of nitrogens with zero attached hydrogens (tertiary/aromatic N) is 2. The molecule has 1 heterocycles. The highest BCUT2D eigenvalue weighted by Crippen LogP contribution is 2.31. The summed E-state index contributed by atoms with van der Waals surface area (Å²) >= 11 is 6.61. The molecule has 16 heavy (non-hydrogen) atoms. The van der Waals surface area contributed by atoms with E-state index in [0.717, 1.165) is 15.4 Å². The van der Waals surface area contributed by atoms with Gasteiger partial charge in [0.2, 0.25) is 0 Å². The Kier molecular flexibility index (Phi) is 4.34. The Bertz CT molecular complexity index is 459. The molecular formula is C10H10BrN3S2. The van der Waals surface area contributed by atoms with E-state index >= 15 is 0 Å². The van der Waals surface area contributed by atoms with Crippen molar-refractivity contribution in [2.45, 2.75) is 15.8 Å². The van der Waals surface area contributed by atoms with Crippen LogP contribution >= 0.6 is 39.2 Å². The molecule has 0 bridgehead atoms. The van der Waals surface area contributed by atoms with E-state index in [0.29, 0.717) is 0 Å². The first-order chi connectivity index (χ1) is 7.79. The van der Waals surface area contributed by atoms with Crippen molar-refractivity contribution in [3.8, 4) is 0 Å². The summed E-state index contributed by atoms with van der Waals surface area (Å²) in [6.07, 6.45) is 1.58. The number of aromatic nitrogens is 2. The molecule has 0 atom stereocenters. The SMILES string of the molecule is CNCc1ccc(Sc2ncns2)cc1Br. The van der Waals surface area contributed by atoms with Crippen molar-refractivity contribution in [3.05, 3.63) is 34.6 Å². The van der Waals surface area contributed by atoms with Crippen LogP contribution in [0.15, 0.2) is 38.2 Å². The van der Waals surface area contributed by atoms with Crippen LogP contribution in [0.3, 0.4) is 0 Å². The fourth-order valence-electron chi connectivity index (χ4n) is 1.23. The topological polar surface area (TPSA) is 37.8 Å². The highest BCUT2D eigenvalue weighted by Gasteiger charge is 2.04. The predicted octanol–water partition coefficient (Wildman–Crippen LogP) is 3.17. The Morgan fingerprint density at radius 2 is 2.38 bits per heavy atom. The average Bonchev–Trinajstić information content (AvgIpc) is 2.75. The molecule has 0 radical (unpaired) electrons. The number of rotatable bonds is 4. The Hall–Kier alpha value is -0.430. The molecule has 0 fully saturated rings. The van der Waals surface area contributed by atoms with Crippen LogP contribution in [-0.2, 0) is 6.54 Å². The molecule has 84 valence electrons. The third-order valence-corrected chi connectivity index (χ3v) is 4.38. The van der Waals surface area contributed by atoms with E-state index in [1.165, 1.54) is 22.0 Å². The van der Waals surface area contributed by atoms with Crippen LogP contribution in [0.2, 0.25) is 0 Å². The molecule has 1 aromatic carbocycles. The maximum Gasteiger partial charge on any atom is 0.174 e. The maximum absolute atomic E-state index is 4.14. The number of hydrogen-bond acceptors (Lipinski definition) is 5. The third-order valence-electron chi connectivity index (χ3n) is 1.94. The molecule has 0 spiro atoms. The van der Waals surface area contributed by atoms with E-state index in [9.17, 15) is 0 Å². The molecule has 1 N–H and O–H groups in total. The molecule has 0 saturated carbocycles. The molecule has 0 unspecified atom stereocenters. The Morgan fingerprint density at radius 3 is 3.00 bits per heavy atom. The minimum atomic E-state index is 0.865. The second kappa shape index (κ2) is 5.77. The van der Waals surface area contributed by atoms with Crippen molar-refractivity contribution >= 4 is 39.2 Å². The molecule has 2 aromatic rings. The first-order valence-electron chi connectivity index (χ1n) is 4.67. The molecule has 0 saturated heterocycles. The van der Waals surface area contributed by atoms with Crippen LogP contribution in [0.4, 0.5) is 0 Å². The normalized spacial score (nSPS) is 10.6. The van der Waals surface area contributed by atoms with Crippen molar-refractivity contribution in [2.75, 3.05) is 7.05 Å². The van der Waals surface area contributed by atoms with E-state index < -0.39 is 0 Å². The summed E-state index contributed by atoms with van der Waals surface area (Å²) in [6, 6.07) is 6.33. The van der Waals surface area contributed by atoms with Crippen LogP contribution in [0.1, 0.15) is 5.56 Å². The highest BCUT2D eigenvalue weighted by atomic mass is 79.9. The Balaban J connectivity index is 2.15. The van der Waals surface area contributed by atoms with Gasteiger partial charge in [0, 0.05) is 15.9 Å². The molecule has 0 aliphatic heterocycles. The Morgan fingerprint density at radius 1 is 1.50 bits per heavy atom. The minimum Gasteiger partial charge on any atom is -0.316 e. The van der Waals surface area contributed by atoms with E-state index in [1.807, 2.05) is 7.05 Å². The zero-order chi connectivity index (χ0) is 11.4. The van der Waals surface area contributed by atoms with Gasteiger partial charge in [-0.05, 0) is 36.3 Å². The molecule has 6 heteroatoms.